The molecule has 2 saturated carbocycles. The molecule has 2 aliphatic rings. The van der Waals surface area contributed by atoms with Crippen LogP contribution < -0.4 is 11.1 Å². The maximum Gasteiger partial charge on any atom is 0.239 e. The minimum Gasteiger partial charge on any atom is -0.376 e. The highest BCUT2D eigenvalue weighted by atomic mass is 16.5. The molecule has 0 heterocycles. The van der Waals surface area contributed by atoms with Crippen molar-refractivity contribution >= 4 is 5.91 Å². The number of carbonyl (C=O) groups excluding carboxylic acids is 1. The van der Waals surface area contributed by atoms with Crippen molar-refractivity contribution in [2.75, 3.05) is 13.7 Å². The molecule has 0 aromatic heterocycles. The zero-order chi connectivity index (χ0) is 12.4. The molecule has 2 rings (SSSR count). The van der Waals surface area contributed by atoms with Gasteiger partial charge in [-0.25, -0.2) is 0 Å². The Morgan fingerprint density at radius 3 is 2.76 bits per heavy atom. The van der Waals surface area contributed by atoms with Gasteiger partial charge in [0.25, 0.3) is 0 Å². The van der Waals surface area contributed by atoms with Gasteiger partial charge >= 0.3 is 0 Å². The number of amides is 1. The van der Waals surface area contributed by atoms with E-state index in [1.807, 2.05) is 6.92 Å². The molecule has 0 spiro atoms. The lowest BCUT2D eigenvalue weighted by molar-refractivity contribution is -0.125. The standard InChI is InChI=1S/C13H24N2O2/c1-8(12(14)13(16)15-2)17-7-11-6-9-3-4-10(11)5-9/h8-12H,3-7,14H2,1-2H3,(H,15,16)/t8-,9?,10?,11?,12+/m1/s1. The molecule has 3 N–H and O–H groups in total. The first-order valence-corrected chi connectivity index (χ1v) is 6.70. The van der Waals surface area contributed by atoms with Crippen LogP contribution in [0.3, 0.4) is 0 Å². The molecule has 1 amide bonds. The van der Waals surface area contributed by atoms with E-state index < -0.39 is 6.04 Å². The van der Waals surface area contributed by atoms with Crippen LogP contribution in [0.4, 0.5) is 0 Å². The summed E-state index contributed by atoms with van der Waals surface area (Å²) < 4.78 is 5.78. The van der Waals surface area contributed by atoms with Crippen LogP contribution in [0.5, 0.6) is 0 Å². The van der Waals surface area contributed by atoms with Crippen LogP contribution in [-0.4, -0.2) is 31.7 Å². The molecule has 5 atom stereocenters. The lowest BCUT2D eigenvalue weighted by atomic mass is 9.89. The quantitative estimate of drug-likeness (QED) is 0.750. The number of hydrogen-bond acceptors (Lipinski definition) is 3. The van der Waals surface area contributed by atoms with Gasteiger partial charge in [0.05, 0.1) is 12.7 Å². The third-order valence-electron chi connectivity index (χ3n) is 4.51. The van der Waals surface area contributed by atoms with Crippen LogP contribution in [0.2, 0.25) is 0 Å². The molecule has 2 bridgehead atoms. The van der Waals surface area contributed by atoms with E-state index in [4.69, 9.17) is 10.5 Å². The van der Waals surface area contributed by atoms with Crippen LogP contribution in [0, 0.1) is 17.8 Å². The number of rotatable bonds is 5. The van der Waals surface area contributed by atoms with Gasteiger partial charge in [0, 0.05) is 7.05 Å². The third kappa shape index (κ3) is 2.80. The predicted octanol–water partition coefficient (Wildman–Crippen LogP) is 0.901. The van der Waals surface area contributed by atoms with Gasteiger partial charge in [0.15, 0.2) is 0 Å². The van der Waals surface area contributed by atoms with Gasteiger partial charge in [0.1, 0.15) is 6.04 Å². The van der Waals surface area contributed by atoms with Gasteiger partial charge < -0.3 is 15.8 Å². The van der Waals surface area contributed by atoms with Crippen molar-refractivity contribution in [3.63, 3.8) is 0 Å². The highest BCUT2D eigenvalue weighted by Gasteiger charge is 2.39. The number of carbonyl (C=O) groups is 1. The predicted molar refractivity (Wildman–Crippen MR) is 66.4 cm³/mol. The molecule has 0 saturated heterocycles. The largest absolute Gasteiger partial charge is 0.376 e. The van der Waals surface area contributed by atoms with Crippen molar-refractivity contribution in [2.24, 2.45) is 23.5 Å². The number of likely N-dealkylation sites (N-methyl/N-ethyl adjacent to an activating group) is 1. The summed E-state index contributed by atoms with van der Waals surface area (Å²) in [5.74, 6) is 2.36. The highest BCUT2D eigenvalue weighted by molar-refractivity contribution is 5.81. The second kappa shape index (κ2) is 5.36. The molecule has 0 aliphatic heterocycles. The molecule has 3 unspecified atom stereocenters. The Balaban J connectivity index is 1.73. The van der Waals surface area contributed by atoms with Crippen LogP contribution in [0.25, 0.3) is 0 Å². The average Bonchev–Trinajstić information content (AvgIpc) is 2.95. The first-order valence-electron chi connectivity index (χ1n) is 6.70. The Hall–Kier alpha value is -0.610. The summed E-state index contributed by atoms with van der Waals surface area (Å²) in [6.07, 6.45) is 5.29. The van der Waals surface area contributed by atoms with Crippen molar-refractivity contribution in [3.8, 4) is 0 Å². The zero-order valence-corrected chi connectivity index (χ0v) is 10.8. The van der Waals surface area contributed by atoms with Gasteiger partial charge in [-0.15, -0.1) is 0 Å². The molecule has 17 heavy (non-hydrogen) atoms. The van der Waals surface area contributed by atoms with Crippen LogP contribution in [-0.2, 0) is 9.53 Å². The maximum atomic E-state index is 11.4. The zero-order valence-electron chi connectivity index (χ0n) is 10.8. The SMILES string of the molecule is CNC(=O)[C@@H](N)[C@@H](C)OCC1CC2CCC1C2. The van der Waals surface area contributed by atoms with E-state index in [2.05, 4.69) is 5.32 Å². The summed E-state index contributed by atoms with van der Waals surface area (Å²) in [5.41, 5.74) is 5.79. The van der Waals surface area contributed by atoms with Gasteiger partial charge in [-0.1, -0.05) is 6.42 Å². The highest BCUT2D eigenvalue weighted by Crippen LogP contribution is 2.48. The minimum absolute atomic E-state index is 0.148. The van der Waals surface area contributed by atoms with Crippen LogP contribution >= 0.6 is 0 Å². The fourth-order valence-corrected chi connectivity index (χ4v) is 3.34. The Labute approximate surface area is 103 Å². The topological polar surface area (TPSA) is 64.4 Å². The normalized spacial score (nSPS) is 34.6. The van der Waals surface area contributed by atoms with Gasteiger partial charge in [-0.3, -0.25) is 4.79 Å². The van der Waals surface area contributed by atoms with Gasteiger partial charge in [0.2, 0.25) is 5.91 Å². The van der Waals surface area contributed by atoms with Crippen molar-refractivity contribution in [3.05, 3.63) is 0 Å². The molecule has 2 aliphatic carbocycles. The van der Waals surface area contributed by atoms with Crippen molar-refractivity contribution in [2.45, 2.75) is 44.8 Å². The first kappa shape index (κ1) is 12.8. The number of fused-ring (bicyclic) bond motifs is 2. The number of nitrogens with two attached hydrogens (primary N) is 1. The minimum atomic E-state index is -0.557. The third-order valence-corrected chi connectivity index (χ3v) is 4.51. The first-order chi connectivity index (χ1) is 8.11. The molecule has 98 valence electrons. The van der Waals surface area contributed by atoms with E-state index in [1.54, 1.807) is 7.05 Å². The lowest BCUT2D eigenvalue weighted by Crippen LogP contribution is -2.47. The smallest absolute Gasteiger partial charge is 0.239 e. The monoisotopic (exact) mass is 240 g/mol. The van der Waals surface area contributed by atoms with E-state index in [-0.39, 0.29) is 12.0 Å². The summed E-state index contributed by atoms with van der Waals surface area (Å²) >= 11 is 0. The number of ether oxygens (including phenoxy) is 1. The van der Waals surface area contributed by atoms with E-state index in [9.17, 15) is 4.79 Å². The Kier molecular flexibility index (Phi) is 4.05. The van der Waals surface area contributed by atoms with Gasteiger partial charge in [-0.2, -0.15) is 0 Å². The second-order valence-corrected chi connectivity index (χ2v) is 5.61. The van der Waals surface area contributed by atoms with Gasteiger partial charge in [-0.05, 0) is 43.9 Å². The molecule has 0 aromatic carbocycles. The summed E-state index contributed by atoms with van der Waals surface area (Å²) in [6.45, 7) is 2.65. The Bertz CT molecular complexity index is 283. The second-order valence-electron chi connectivity index (χ2n) is 5.61. The average molecular weight is 240 g/mol. The molecular formula is C13H24N2O2. The molecule has 0 radical (unpaired) electrons. The number of nitrogens with one attached hydrogen (secondary N) is 1. The molecule has 0 aromatic rings. The molecule has 4 nitrogen and oxygen atoms in total. The fraction of sp³-hybridized carbons (Fsp3) is 0.923. The fourth-order valence-electron chi connectivity index (χ4n) is 3.34. The van der Waals surface area contributed by atoms with Crippen molar-refractivity contribution < 1.29 is 9.53 Å². The summed E-state index contributed by atoms with van der Waals surface area (Å²) in [6, 6.07) is -0.557. The van der Waals surface area contributed by atoms with Crippen LogP contribution in [0.15, 0.2) is 0 Å². The van der Waals surface area contributed by atoms with Crippen LogP contribution in [0.1, 0.15) is 32.6 Å². The Morgan fingerprint density at radius 1 is 1.47 bits per heavy atom. The van der Waals surface area contributed by atoms with E-state index in [0.29, 0.717) is 5.92 Å². The van der Waals surface area contributed by atoms with Crippen molar-refractivity contribution in [1.29, 1.82) is 0 Å². The Morgan fingerprint density at radius 2 is 2.24 bits per heavy atom. The molecule has 2 fully saturated rings. The lowest BCUT2D eigenvalue weighted by Gasteiger charge is -2.25. The molecule has 4 heteroatoms. The summed E-state index contributed by atoms with van der Waals surface area (Å²) in [5, 5.41) is 2.56. The maximum absolute atomic E-state index is 11.4. The van der Waals surface area contributed by atoms with E-state index in [0.717, 1.165) is 18.4 Å². The van der Waals surface area contributed by atoms with E-state index >= 15 is 0 Å². The van der Waals surface area contributed by atoms with E-state index in [1.165, 1.54) is 25.7 Å². The number of hydrogen-bond donors (Lipinski definition) is 2. The summed E-state index contributed by atoms with van der Waals surface area (Å²) in [7, 11) is 1.60. The van der Waals surface area contributed by atoms with Crippen molar-refractivity contribution in [1.82, 2.24) is 5.32 Å². The summed E-state index contributed by atoms with van der Waals surface area (Å²) in [4.78, 5) is 11.4. The molecular weight excluding hydrogens is 216 g/mol.